The van der Waals surface area contributed by atoms with Crippen LogP contribution in [0.15, 0.2) is 12.1 Å². The number of thiophene rings is 1. The van der Waals surface area contributed by atoms with E-state index in [9.17, 15) is 0 Å². The van der Waals surface area contributed by atoms with Crippen LogP contribution in [0.1, 0.15) is 62.8 Å². The van der Waals surface area contributed by atoms with Gasteiger partial charge in [-0.05, 0) is 49.3 Å². The molecule has 2 heteroatoms. The van der Waals surface area contributed by atoms with E-state index in [1.165, 1.54) is 24.1 Å². The zero-order valence-corrected chi connectivity index (χ0v) is 12.4. The van der Waals surface area contributed by atoms with Crippen molar-refractivity contribution in [1.82, 2.24) is 5.32 Å². The molecular formula is C15H25NS. The Morgan fingerprint density at radius 3 is 2.53 bits per heavy atom. The molecule has 1 atom stereocenters. The summed E-state index contributed by atoms with van der Waals surface area (Å²) >= 11 is 2.00. The third-order valence-corrected chi connectivity index (χ3v) is 4.97. The van der Waals surface area contributed by atoms with Gasteiger partial charge < -0.3 is 5.32 Å². The first-order chi connectivity index (χ1) is 8.02. The second kappa shape index (κ2) is 5.11. The minimum Gasteiger partial charge on any atom is -0.309 e. The molecule has 17 heavy (non-hydrogen) atoms. The average Bonchev–Trinajstić information content (AvgIpc) is 2.94. The fourth-order valence-corrected chi connectivity index (χ4v) is 3.39. The minimum atomic E-state index is 0.293. The highest BCUT2D eigenvalue weighted by Crippen LogP contribution is 2.44. The lowest BCUT2D eigenvalue weighted by Crippen LogP contribution is -2.22. The van der Waals surface area contributed by atoms with E-state index in [0.717, 1.165) is 12.5 Å². The lowest BCUT2D eigenvalue weighted by Gasteiger charge is -2.18. The average molecular weight is 251 g/mol. The van der Waals surface area contributed by atoms with Crippen LogP contribution < -0.4 is 5.32 Å². The first-order valence-corrected chi connectivity index (χ1v) is 7.67. The number of nitrogens with one attached hydrogen (secondary N) is 1. The third-order valence-electron chi connectivity index (χ3n) is 3.38. The zero-order chi connectivity index (χ0) is 12.5. The summed E-state index contributed by atoms with van der Waals surface area (Å²) in [5.74, 6) is 0.896. The second-order valence-corrected chi connectivity index (χ2v) is 7.34. The van der Waals surface area contributed by atoms with Gasteiger partial charge in [0.1, 0.15) is 0 Å². The number of rotatable bonds is 5. The monoisotopic (exact) mass is 251 g/mol. The summed E-state index contributed by atoms with van der Waals surface area (Å²) in [7, 11) is 0. The smallest absolute Gasteiger partial charge is 0.0443 e. The lowest BCUT2D eigenvalue weighted by atomic mass is 9.95. The van der Waals surface area contributed by atoms with Gasteiger partial charge in [0.25, 0.3) is 0 Å². The van der Waals surface area contributed by atoms with Gasteiger partial charge in [-0.1, -0.05) is 27.7 Å². The molecule has 1 aliphatic rings. The van der Waals surface area contributed by atoms with Gasteiger partial charge in [0.2, 0.25) is 0 Å². The normalized spacial score (nSPS) is 18.4. The zero-order valence-electron chi connectivity index (χ0n) is 11.5. The minimum absolute atomic E-state index is 0.293. The van der Waals surface area contributed by atoms with E-state index < -0.39 is 0 Å². The van der Waals surface area contributed by atoms with E-state index in [1.54, 1.807) is 4.88 Å². The fourth-order valence-electron chi connectivity index (χ4n) is 2.15. The SMILES string of the molecule is CCCNC(c1ccc(C(C)(C)C)s1)C1CC1. The molecule has 0 spiro atoms. The van der Waals surface area contributed by atoms with Crippen LogP contribution in [0.2, 0.25) is 0 Å². The molecule has 1 saturated carbocycles. The van der Waals surface area contributed by atoms with Gasteiger partial charge >= 0.3 is 0 Å². The van der Waals surface area contributed by atoms with Gasteiger partial charge in [0.15, 0.2) is 0 Å². The molecule has 1 aromatic rings. The van der Waals surface area contributed by atoms with Gasteiger partial charge in [-0.15, -0.1) is 11.3 Å². The van der Waals surface area contributed by atoms with Gasteiger partial charge in [0.05, 0.1) is 0 Å². The van der Waals surface area contributed by atoms with Crippen LogP contribution in [0.4, 0.5) is 0 Å². The maximum Gasteiger partial charge on any atom is 0.0443 e. The summed E-state index contributed by atoms with van der Waals surface area (Å²) in [6.45, 7) is 10.3. The summed E-state index contributed by atoms with van der Waals surface area (Å²) in [5.41, 5.74) is 0.293. The van der Waals surface area contributed by atoms with Crippen molar-refractivity contribution in [2.75, 3.05) is 6.54 Å². The Hall–Kier alpha value is -0.340. The molecule has 1 aromatic heterocycles. The van der Waals surface area contributed by atoms with Crippen LogP contribution >= 0.6 is 11.3 Å². The van der Waals surface area contributed by atoms with Crippen LogP contribution in [0.3, 0.4) is 0 Å². The van der Waals surface area contributed by atoms with Gasteiger partial charge in [-0.2, -0.15) is 0 Å². The van der Waals surface area contributed by atoms with E-state index in [1.807, 2.05) is 11.3 Å². The van der Waals surface area contributed by atoms with Crippen molar-refractivity contribution in [3.63, 3.8) is 0 Å². The Balaban J connectivity index is 2.10. The summed E-state index contributed by atoms with van der Waals surface area (Å²) in [6, 6.07) is 5.29. The largest absolute Gasteiger partial charge is 0.309 e. The molecule has 1 aliphatic carbocycles. The molecule has 1 heterocycles. The molecule has 0 aromatic carbocycles. The van der Waals surface area contributed by atoms with Crippen LogP contribution in [0.25, 0.3) is 0 Å². The van der Waals surface area contributed by atoms with Crippen molar-refractivity contribution in [1.29, 1.82) is 0 Å². The van der Waals surface area contributed by atoms with Crippen molar-refractivity contribution >= 4 is 11.3 Å². The summed E-state index contributed by atoms with van der Waals surface area (Å²) < 4.78 is 0. The predicted molar refractivity (Wildman–Crippen MR) is 76.8 cm³/mol. The molecule has 1 fully saturated rings. The van der Waals surface area contributed by atoms with Crippen LogP contribution in [0.5, 0.6) is 0 Å². The van der Waals surface area contributed by atoms with E-state index in [4.69, 9.17) is 0 Å². The molecule has 1 nitrogen and oxygen atoms in total. The Labute approximate surface area is 110 Å². The Bertz CT molecular complexity index is 357. The molecule has 0 saturated heterocycles. The quantitative estimate of drug-likeness (QED) is 0.812. The maximum atomic E-state index is 3.72. The highest BCUT2D eigenvalue weighted by atomic mass is 32.1. The van der Waals surface area contributed by atoms with Crippen LogP contribution in [-0.4, -0.2) is 6.54 Å². The lowest BCUT2D eigenvalue weighted by molar-refractivity contribution is 0.488. The van der Waals surface area contributed by atoms with E-state index in [2.05, 4.69) is 45.1 Å². The maximum absolute atomic E-state index is 3.72. The molecule has 0 radical (unpaired) electrons. The van der Waals surface area contributed by atoms with Gasteiger partial charge in [-0.3, -0.25) is 0 Å². The second-order valence-electron chi connectivity index (χ2n) is 6.22. The molecular weight excluding hydrogens is 226 g/mol. The fraction of sp³-hybridized carbons (Fsp3) is 0.733. The highest BCUT2D eigenvalue weighted by molar-refractivity contribution is 7.12. The Kier molecular flexibility index (Phi) is 3.94. The standard InChI is InChI=1S/C15H25NS/c1-5-10-16-14(11-6-7-11)12-8-9-13(17-12)15(2,3)4/h8-9,11,14,16H,5-7,10H2,1-4H3. The predicted octanol–water partition coefficient (Wildman–Crippen LogP) is 4.50. The van der Waals surface area contributed by atoms with Crippen molar-refractivity contribution in [2.24, 2.45) is 5.92 Å². The van der Waals surface area contributed by atoms with Gasteiger partial charge in [0, 0.05) is 15.8 Å². The van der Waals surface area contributed by atoms with Crippen LogP contribution in [0, 0.1) is 5.92 Å². The van der Waals surface area contributed by atoms with E-state index >= 15 is 0 Å². The Morgan fingerprint density at radius 2 is 2.06 bits per heavy atom. The Morgan fingerprint density at radius 1 is 1.35 bits per heavy atom. The molecule has 1 unspecified atom stereocenters. The van der Waals surface area contributed by atoms with E-state index in [0.29, 0.717) is 11.5 Å². The molecule has 1 N–H and O–H groups in total. The van der Waals surface area contributed by atoms with Crippen LogP contribution in [-0.2, 0) is 5.41 Å². The highest BCUT2D eigenvalue weighted by Gasteiger charge is 2.33. The van der Waals surface area contributed by atoms with Crippen molar-refractivity contribution in [2.45, 2.75) is 58.4 Å². The molecule has 0 amide bonds. The number of hydrogen-bond donors (Lipinski definition) is 1. The third kappa shape index (κ3) is 3.32. The summed E-state index contributed by atoms with van der Waals surface area (Å²) in [4.78, 5) is 3.06. The molecule has 96 valence electrons. The molecule has 0 aliphatic heterocycles. The van der Waals surface area contributed by atoms with Crippen molar-refractivity contribution in [3.8, 4) is 0 Å². The first-order valence-electron chi connectivity index (χ1n) is 6.86. The summed E-state index contributed by atoms with van der Waals surface area (Å²) in [6.07, 6.45) is 4.04. The molecule has 2 rings (SSSR count). The van der Waals surface area contributed by atoms with E-state index in [-0.39, 0.29) is 0 Å². The van der Waals surface area contributed by atoms with Gasteiger partial charge in [-0.25, -0.2) is 0 Å². The topological polar surface area (TPSA) is 12.0 Å². The first kappa shape index (κ1) is 13.1. The van der Waals surface area contributed by atoms with Crippen molar-refractivity contribution < 1.29 is 0 Å². The summed E-state index contributed by atoms with van der Waals surface area (Å²) in [5, 5.41) is 3.72. The van der Waals surface area contributed by atoms with Crippen molar-refractivity contribution in [3.05, 3.63) is 21.9 Å². The number of hydrogen-bond acceptors (Lipinski definition) is 2. The molecule has 0 bridgehead atoms.